The van der Waals surface area contributed by atoms with Crippen LogP contribution < -0.4 is 4.57 Å². The van der Waals surface area contributed by atoms with Gasteiger partial charge in [0.15, 0.2) is 0 Å². The van der Waals surface area contributed by atoms with Crippen LogP contribution in [0.1, 0.15) is 84.6 Å². The maximum atomic E-state index is 2.38. The topological polar surface area (TPSA) is 8.81 Å². The zero-order chi connectivity index (χ0) is 13.9. The standard InChI is InChI=1S/C17H33N2/c1-4-6-8-10-12-17(3)19-15-14-18(16-19)13-11-9-7-5-2/h14-17H,4-13H2,1-3H3/q+1. The highest BCUT2D eigenvalue weighted by molar-refractivity contribution is 4.67. The first-order valence-electron chi connectivity index (χ1n) is 8.34. The molecule has 1 unspecified atom stereocenters. The Hall–Kier alpha value is -0.790. The molecule has 19 heavy (non-hydrogen) atoms. The second kappa shape index (κ2) is 10.1. The van der Waals surface area contributed by atoms with Gasteiger partial charge < -0.3 is 0 Å². The SMILES string of the molecule is CCCCCCC(C)[n+]1ccn(CCCCCC)c1. The van der Waals surface area contributed by atoms with Crippen molar-refractivity contribution in [3.63, 3.8) is 0 Å². The molecule has 0 spiro atoms. The van der Waals surface area contributed by atoms with E-state index in [0.29, 0.717) is 6.04 Å². The van der Waals surface area contributed by atoms with E-state index in [-0.39, 0.29) is 0 Å². The van der Waals surface area contributed by atoms with Crippen molar-refractivity contribution in [3.05, 3.63) is 18.7 Å². The van der Waals surface area contributed by atoms with Gasteiger partial charge >= 0.3 is 0 Å². The summed E-state index contributed by atoms with van der Waals surface area (Å²) in [5, 5.41) is 0. The third-order valence-corrected chi connectivity index (χ3v) is 3.97. The van der Waals surface area contributed by atoms with Gasteiger partial charge in [0.25, 0.3) is 0 Å². The van der Waals surface area contributed by atoms with Gasteiger partial charge in [0.1, 0.15) is 12.4 Å². The number of aromatic nitrogens is 2. The summed E-state index contributed by atoms with van der Waals surface area (Å²) in [7, 11) is 0. The first-order valence-corrected chi connectivity index (χ1v) is 8.34. The third kappa shape index (κ3) is 6.79. The van der Waals surface area contributed by atoms with Crippen LogP contribution in [0.15, 0.2) is 18.7 Å². The van der Waals surface area contributed by atoms with Gasteiger partial charge in [-0.3, -0.25) is 0 Å². The second-order valence-electron chi connectivity index (χ2n) is 5.86. The van der Waals surface area contributed by atoms with Crippen LogP contribution >= 0.6 is 0 Å². The Balaban J connectivity index is 2.24. The molecule has 110 valence electrons. The molecule has 1 aromatic rings. The van der Waals surface area contributed by atoms with E-state index in [1.807, 2.05) is 0 Å². The normalized spacial score (nSPS) is 12.8. The Morgan fingerprint density at radius 1 is 0.947 bits per heavy atom. The molecule has 1 aromatic heterocycles. The van der Waals surface area contributed by atoms with Gasteiger partial charge in [0.2, 0.25) is 6.33 Å². The lowest BCUT2D eigenvalue weighted by Crippen LogP contribution is -2.35. The number of imidazole rings is 1. The molecule has 0 saturated carbocycles. The minimum Gasteiger partial charge on any atom is -0.237 e. The highest BCUT2D eigenvalue weighted by Crippen LogP contribution is 2.10. The summed E-state index contributed by atoms with van der Waals surface area (Å²) in [5.41, 5.74) is 0. The minimum atomic E-state index is 0.647. The second-order valence-corrected chi connectivity index (χ2v) is 5.86. The van der Waals surface area contributed by atoms with Crippen LogP contribution in [-0.2, 0) is 6.54 Å². The van der Waals surface area contributed by atoms with Gasteiger partial charge in [-0.05, 0) is 32.6 Å². The average molecular weight is 265 g/mol. The van der Waals surface area contributed by atoms with Gasteiger partial charge in [-0.1, -0.05) is 46.0 Å². The maximum absolute atomic E-state index is 2.38. The summed E-state index contributed by atoms with van der Waals surface area (Å²) < 4.78 is 4.73. The Labute approximate surface area is 119 Å². The summed E-state index contributed by atoms with van der Waals surface area (Å²) in [5.74, 6) is 0. The Morgan fingerprint density at radius 2 is 1.63 bits per heavy atom. The summed E-state index contributed by atoms with van der Waals surface area (Å²) in [6.07, 6.45) is 18.9. The van der Waals surface area contributed by atoms with Gasteiger partial charge in [-0.25, -0.2) is 9.13 Å². The minimum absolute atomic E-state index is 0.647. The van der Waals surface area contributed by atoms with Crippen LogP contribution in [0.2, 0.25) is 0 Å². The molecular weight excluding hydrogens is 232 g/mol. The molecule has 0 radical (unpaired) electrons. The summed E-state index contributed by atoms with van der Waals surface area (Å²) in [6, 6.07) is 0.647. The quantitative estimate of drug-likeness (QED) is 0.398. The molecule has 2 nitrogen and oxygen atoms in total. The van der Waals surface area contributed by atoms with Crippen LogP contribution in [-0.4, -0.2) is 4.57 Å². The maximum Gasteiger partial charge on any atom is 0.243 e. The number of hydrogen-bond donors (Lipinski definition) is 0. The number of hydrogen-bond acceptors (Lipinski definition) is 0. The molecule has 1 atom stereocenters. The summed E-state index contributed by atoms with van der Waals surface area (Å²) in [6.45, 7) is 8.06. The molecule has 1 heterocycles. The van der Waals surface area contributed by atoms with Crippen molar-refractivity contribution >= 4 is 0 Å². The molecule has 0 bridgehead atoms. The fraction of sp³-hybridized carbons (Fsp3) is 0.824. The van der Waals surface area contributed by atoms with Crippen molar-refractivity contribution in [1.82, 2.24) is 4.57 Å². The molecule has 0 aromatic carbocycles. The van der Waals surface area contributed by atoms with Crippen molar-refractivity contribution in [2.75, 3.05) is 0 Å². The molecule has 0 saturated heterocycles. The van der Waals surface area contributed by atoms with Crippen molar-refractivity contribution in [3.8, 4) is 0 Å². The fourth-order valence-corrected chi connectivity index (χ4v) is 2.54. The van der Waals surface area contributed by atoms with E-state index < -0.39 is 0 Å². The van der Waals surface area contributed by atoms with Gasteiger partial charge in [-0.2, -0.15) is 0 Å². The fourth-order valence-electron chi connectivity index (χ4n) is 2.54. The molecule has 0 fully saturated rings. The first-order chi connectivity index (χ1) is 9.27. The van der Waals surface area contributed by atoms with Crippen LogP contribution in [0.5, 0.6) is 0 Å². The lowest BCUT2D eigenvalue weighted by molar-refractivity contribution is -0.720. The predicted octanol–water partition coefficient (Wildman–Crippen LogP) is 4.89. The Bertz CT molecular complexity index is 317. The molecule has 1 rings (SSSR count). The van der Waals surface area contributed by atoms with Crippen molar-refractivity contribution in [2.45, 2.75) is 91.1 Å². The van der Waals surface area contributed by atoms with Crippen LogP contribution in [0.3, 0.4) is 0 Å². The molecular formula is C17H33N2+. The van der Waals surface area contributed by atoms with Crippen molar-refractivity contribution in [2.24, 2.45) is 0 Å². The van der Waals surface area contributed by atoms with Gasteiger partial charge in [0, 0.05) is 0 Å². The predicted molar refractivity (Wildman–Crippen MR) is 82.2 cm³/mol. The first kappa shape index (κ1) is 16.3. The molecule has 0 N–H and O–H groups in total. The van der Waals surface area contributed by atoms with E-state index in [9.17, 15) is 0 Å². The number of aryl methyl sites for hydroxylation is 1. The molecule has 0 aliphatic rings. The van der Waals surface area contributed by atoms with Gasteiger partial charge in [0.05, 0.1) is 12.6 Å². The summed E-state index contributed by atoms with van der Waals surface area (Å²) in [4.78, 5) is 0. The van der Waals surface area contributed by atoms with Crippen molar-refractivity contribution < 1.29 is 4.57 Å². The monoisotopic (exact) mass is 265 g/mol. The molecule has 0 aliphatic heterocycles. The van der Waals surface area contributed by atoms with E-state index in [4.69, 9.17) is 0 Å². The molecule has 2 heteroatoms. The van der Waals surface area contributed by atoms with E-state index >= 15 is 0 Å². The number of unbranched alkanes of at least 4 members (excludes halogenated alkanes) is 6. The zero-order valence-electron chi connectivity index (χ0n) is 13.3. The lowest BCUT2D eigenvalue weighted by Gasteiger charge is -2.07. The van der Waals surface area contributed by atoms with E-state index in [2.05, 4.69) is 48.6 Å². The highest BCUT2D eigenvalue weighted by Gasteiger charge is 2.11. The third-order valence-electron chi connectivity index (χ3n) is 3.97. The van der Waals surface area contributed by atoms with Crippen LogP contribution in [0.25, 0.3) is 0 Å². The van der Waals surface area contributed by atoms with Crippen LogP contribution in [0, 0.1) is 0 Å². The van der Waals surface area contributed by atoms with Crippen LogP contribution in [0.4, 0.5) is 0 Å². The van der Waals surface area contributed by atoms with Gasteiger partial charge in [-0.15, -0.1) is 0 Å². The summed E-state index contributed by atoms with van der Waals surface area (Å²) >= 11 is 0. The van der Waals surface area contributed by atoms with E-state index in [1.165, 1.54) is 64.3 Å². The van der Waals surface area contributed by atoms with Crippen molar-refractivity contribution in [1.29, 1.82) is 0 Å². The highest BCUT2D eigenvalue weighted by atomic mass is 15.1. The number of rotatable bonds is 11. The smallest absolute Gasteiger partial charge is 0.237 e. The van der Waals surface area contributed by atoms with E-state index in [1.54, 1.807) is 0 Å². The van der Waals surface area contributed by atoms with E-state index in [0.717, 1.165) is 0 Å². The Kier molecular flexibility index (Phi) is 8.61. The molecule has 0 aliphatic carbocycles. The largest absolute Gasteiger partial charge is 0.243 e. The lowest BCUT2D eigenvalue weighted by atomic mass is 10.1. The average Bonchev–Trinajstić information content (AvgIpc) is 2.88. The zero-order valence-corrected chi connectivity index (χ0v) is 13.3. The Morgan fingerprint density at radius 3 is 2.32 bits per heavy atom. The number of nitrogens with zero attached hydrogens (tertiary/aromatic N) is 2. The molecule has 0 amide bonds.